The zero-order valence-corrected chi connectivity index (χ0v) is 15.4. The van der Waals surface area contributed by atoms with Gasteiger partial charge in [-0.15, -0.1) is 0 Å². The highest BCUT2D eigenvalue weighted by Crippen LogP contribution is 2.29. The number of hydrogen-bond acceptors (Lipinski definition) is 5. The average Bonchev–Trinajstić information content (AvgIpc) is 3.20. The lowest BCUT2D eigenvalue weighted by Crippen LogP contribution is -2.24. The van der Waals surface area contributed by atoms with Crippen molar-refractivity contribution in [2.75, 3.05) is 6.54 Å². The van der Waals surface area contributed by atoms with Gasteiger partial charge >= 0.3 is 6.03 Å². The van der Waals surface area contributed by atoms with Gasteiger partial charge in [0.2, 0.25) is 11.8 Å². The quantitative estimate of drug-likeness (QED) is 0.533. The third-order valence-electron chi connectivity index (χ3n) is 4.19. The number of urea groups is 1. The fourth-order valence-corrected chi connectivity index (χ4v) is 2.78. The second-order valence-corrected chi connectivity index (χ2v) is 6.26. The van der Waals surface area contributed by atoms with Crippen LogP contribution < -0.4 is 10.1 Å². The maximum Gasteiger partial charge on any atom is 0.344 e. The van der Waals surface area contributed by atoms with Crippen molar-refractivity contribution in [2.45, 2.75) is 6.92 Å². The molecule has 8 nitrogen and oxygen atoms in total. The minimum absolute atomic E-state index is 0.157. The van der Waals surface area contributed by atoms with E-state index < -0.39 is 11.9 Å². The summed E-state index contributed by atoms with van der Waals surface area (Å²) in [6, 6.07) is 14.3. The summed E-state index contributed by atoms with van der Waals surface area (Å²) in [5, 5.41) is 11.8. The van der Waals surface area contributed by atoms with Crippen LogP contribution in [0, 0.1) is 12.7 Å². The highest BCUT2D eigenvalue weighted by Gasteiger charge is 2.26. The molecule has 29 heavy (non-hydrogen) atoms. The number of ether oxygens (including phenoxy) is 1. The molecule has 3 aromatic rings. The van der Waals surface area contributed by atoms with Crippen molar-refractivity contribution in [3.63, 3.8) is 0 Å². The summed E-state index contributed by atoms with van der Waals surface area (Å²) in [6.07, 6.45) is 1.42. The van der Waals surface area contributed by atoms with Gasteiger partial charge < -0.3 is 4.74 Å². The van der Waals surface area contributed by atoms with Crippen LogP contribution in [0.4, 0.5) is 9.18 Å². The second-order valence-electron chi connectivity index (χ2n) is 6.26. The number of aryl methyl sites for hydroxylation is 1. The number of nitrogens with zero attached hydrogens (tertiary/aromatic N) is 4. The van der Waals surface area contributed by atoms with Gasteiger partial charge in [0.15, 0.2) is 0 Å². The molecule has 0 atom stereocenters. The van der Waals surface area contributed by atoms with E-state index in [0.717, 1.165) is 10.7 Å². The molecule has 0 radical (unpaired) electrons. The fourth-order valence-electron chi connectivity index (χ4n) is 2.78. The summed E-state index contributed by atoms with van der Waals surface area (Å²) in [7, 11) is 0. The fraction of sp³-hybridized carbons (Fsp3) is 0.100. The van der Waals surface area contributed by atoms with E-state index in [1.54, 1.807) is 11.6 Å². The Morgan fingerprint density at radius 2 is 1.86 bits per heavy atom. The Bertz CT molecular complexity index is 1090. The molecule has 0 unspecified atom stereocenters. The zero-order valence-electron chi connectivity index (χ0n) is 15.4. The number of para-hydroxylation sites is 1. The van der Waals surface area contributed by atoms with E-state index in [2.05, 4.69) is 15.5 Å². The Morgan fingerprint density at radius 1 is 1.14 bits per heavy atom. The van der Waals surface area contributed by atoms with Crippen LogP contribution in [-0.4, -0.2) is 39.5 Å². The number of amides is 3. The van der Waals surface area contributed by atoms with Crippen molar-refractivity contribution in [2.24, 2.45) is 5.10 Å². The molecule has 2 heterocycles. The van der Waals surface area contributed by atoms with E-state index in [-0.39, 0.29) is 12.4 Å². The Hall–Kier alpha value is -4.01. The SMILES string of the molecule is Cc1nn(-c2ccccc2)c(Oc2ccc(F)cc2)c1C=NN1CC(=O)NC1=O. The number of hydrogen-bond donors (Lipinski definition) is 1. The number of halogens is 1. The molecule has 1 fully saturated rings. The van der Waals surface area contributed by atoms with Gasteiger partial charge in [-0.25, -0.2) is 14.2 Å². The van der Waals surface area contributed by atoms with Crippen LogP contribution in [0.15, 0.2) is 59.7 Å². The van der Waals surface area contributed by atoms with Gasteiger partial charge in [-0.2, -0.15) is 14.9 Å². The maximum atomic E-state index is 13.2. The van der Waals surface area contributed by atoms with Crippen molar-refractivity contribution < 1.29 is 18.7 Å². The Kier molecular flexibility index (Phi) is 4.78. The number of benzene rings is 2. The maximum absolute atomic E-state index is 13.2. The van der Waals surface area contributed by atoms with Crippen molar-refractivity contribution in [1.29, 1.82) is 0 Å². The van der Waals surface area contributed by atoms with Crippen molar-refractivity contribution in [3.8, 4) is 17.3 Å². The normalized spacial score (nSPS) is 13.9. The summed E-state index contributed by atoms with van der Waals surface area (Å²) < 4.78 is 20.8. The Morgan fingerprint density at radius 3 is 2.52 bits per heavy atom. The molecule has 0 spiro atoms. The number of carbonyl (C=O) groups excluding carboxylic acids is 2. The molecule has 0 bridgehead atoms. The highest BCUT2D eigenvalue weighted by molar-refractivity contribution is 6.02. The molecule has 0 saturated carbocycles. The minimum Gasteiger partial charge on any atom is -0.438 e. The number of aromatic nitrogens is 2. The molecule has 3 amide bonds. The third-order valence-corrected chi connectivity index (χ3v) is 4.19. The van der Waals surface area contributed by atoms with Crippen molar-refractivity contribution >= 4 is 18.2 Å². The standard InChI is InChI=1S/C20H16FN5O3/c1-13-17(11-22-25-12-18(27)23-20(25)28)19(29-16-9-7-14(21)8-10-16)26(24-13)15-5-3-2-4-6-15/h2-11H,12H2,1H3,(H,23,27,28). The molecule has 1 saturated heterocycles. The van der Waals surface area contributed by atoms with E-state index in [9.17, 15) is 14.0 Å². The lowest BCUT2D eigenvalue weighted by Gasteiger charge is -2.10. The van der Waals surface area contributed by atoms with E-state index in [1.807, 2.05) is 30.3 Å². The molecular formula is C20H16FN5O3. The molecule has 1 N–H and O–H groups in total. The van der Waals surface area contributed by atoms with E-state index >= 15 is 0 Å². The van der Waals surface area contributed by atoms with E-state index in [4.69, 9.17) is 4.74 Å². The second kappa shape index (κ2) is 7.55. The average molecular weight is 393 g/mol. The van der Waals surface area contributed by atoms with E-state index in [0.29, 0.717) is 22.9 Å². The topological polar surface area (TPSA) is 88.8 Å². The first-order valence-electron chi connectivity index (χ1n) is 8.75. The molecule has 1 aliphatic rings. The molecule has 0 aliphatic carbocycles. The smallest absolute Gasteiger partial charge is 0.344 e. The van der Waals surface area contributed by atoms with Crippen LogP contribution in [0.25, 0.3) is 5.69 Å². The zero-order chi connectivity index (χ0) is 20.4. The molecule has 2 aromatic carbocycles. The lowest BCUT2D eigenvalue weighted by molar-refractivity contribution is -0.118. The van der Waals surface area contributed by atoms with Gasteiger partial charge in [0.05, 0.1) is 23.2 Å². The molecule has 1 aliphatic heterocycles. The van der Waals surface area contributed by atoms with Gasteiger partial charge in [0, 0.05) is 0 Å². The highest BCUT2D eigenvalue weighted by atomic mass is 19.1. The molecule has 9 heteroatoms. The van der Waals surface area contributed by atoms with Gasteiger partial charge in [-0.05, 0) is 43.3 Å². The molecular weight excluding hydrogens is 377 g/mol. The van der Waals surface area contributed by atoms with E-state index in [1.165, 1.54) is 30.5 Å². The van der Waals surface area contributed by atoms with Crippen LogP contribution in [0.2, 0.25) is 0 Å². The van der Waals surface area contributed by atoms with Gasteiger partial charge in [-0.3, -0.25) is 10.1 Å². The first kappa shape index (κ1) is 18.4. The first-order valence-corrected chi connectivity index (χ1v) is 8.75. The summed E-state index contributed by atoms with van der Waals surface area (Å²) in [6.45, 7) is 1.61. The van der Waals surface area contributed by atoms with Crippen molar-refractivity contribution in [3.05, 3.63) is 71.7 Å². The molecule has 146 valence electrons. The Balaban J connectivity index is 1.75. The minimum atomic E-state index is -0.597. The number of carbonyl (C=O) groups is 2. The number of imide groups is 1. The van der Waals surface area contributed by atoms with Gasteiger partial charge in [0.1, 0.15) is 18.1 Å². The van der Waals surface area contributed by atoms with Crippen molar-refractivity contribution in [1.82, 2.24) is 20.1 Å². The van der Waals surface area contributed by atoms with Crippen LogP contribution in [-0.2, 0) is 4.79 Å². The number of nitrogens with one attached hydrogen (secondary N) is 1. The molecule has 4 rings (SSSR count). The Labute approximate surface area is 165 Å². The number of hydrazone groups is 1. The number of rotatable bonds is 5. The molecule has 1 aromatic heterocycles. The van der Waals surface area contributed by atoms with Gasteiger partial charge in [-0.1, -0.05) is 18.2 Å². The summed E-state index contributed by atoms with van der Waals surface area (Å²) in [5.41, 5.74) is 1.87. The largest absolute Gasteiger partial charge is 0.438 e. The van der Waals surface area contributed by atoms with Crippen LogP contribution in [0.3, 0.4) is 0 Å². The van der Waals surface area contributed by atoms with Crippen LogP contribution >= 0.6 is 0 Å². The summed E-state index contributed by atoms with van der Waals surface area (Å²) in [5.74, 6) is -0.0505. The first-order chi connectivity index (χ1) is 14.0. The van der Waals surface area contributed by atoms with Crippen LogP contribution in [0.1, 0.15) is 11.3 Å². The van der Waals surface area contributed by atoms with Gasteiger partial charge in [0.25, 0.3) is 0 Å². The lowest BCUT2D eigenvalue weighted by atomic mass is 10.2. The summed E-state index contributed by atoms with van der Waals surface area (Å²) in [4.78, 5) is 23.1. The predicted octanol–water partition coefficient (Wildman–Crippen LogP) is 3.00. The predicted molar refractivity (Wildman–Crippen MR) is 103 cm³/mol. The van der Waals surface area contributed by atoms with Crippen LogP contribution in [0.5, 0.6) is 11.6 Å². The monoisotopic (exact) mass is 393 g/mol. The summed E-state index contributed by atoms with van der Waals surface area (Å²) >= 11 is 0. The third kappa shape index (κ3) is 3.84.